The van der Waals surface area contributed by atoms with E-state index in [2.05, 4.69) is 37.2 Å². The van der Waals surface area contributed by atoms with Gasteiger partial charge in [-0.1, -0.05) is 13.8 Å². The van der Waals surface area contributed by atoms with Gasteiger partial charge < -0.3 is 10.2 Å². The van der Waals surface area contributed by atoms with E-state index < -0.39 is 0 Å². The predicted molar refractivity (Wildman–Crippen MR) is 55.4 cm³/mol. The smallest absolute Gasteiger partial charge is 0.0962 e. The quantitative estimate of drug-likeness (QED) is 0.669. The summed E-state index contributed by atoms with van der Waals surface area (Å²) in [6, 6.07) is 2.22. The van der Waals surface area contributed by atoms with Gasteiger partial charge in [-0.3, -0.25) is 0 Å². The van der Waals surface area contributed by atoms with Gasteiger partial charge in [-0.25, -0.2) is 0 Å². The molecule has 0 bridgehead atoms. The molecular weight excluding hydrogens is 162 g/mol. The highest BCUT2D eigenvalue weighted by atomic mass is 15.1. The summed E-state index contributed by atoms with van der Waals surface area (Å²) in [5, 5.41) is 11.7. The molecular formula is C10H21N3. The minimum Gasteiger partial charge on any atom is -0.306 e. The molecule has 0 rings (SSSR count). The van der Waals surface area contributed by atoms with Crippen LogP contribution in [0.2, 0.25) is 0 Å². The molecule has 0 aliphatic carbocycles. The Morgan fingerprint density at radius 3 is 2.46 bits per heavy atom. The minimum absolute atomic E-state index is 0.00499. The van der Waals surface area contributed by atoms with Crippen LogP contribution in [-0.4, -0.2) is 38.1 Å². The molecule has 0 heterocycles. The Hall–Kier alpha value is -0.590. The maximum Gasteiger partial charge on any atom is 0.0962 e. The zero-order valence-electron chi connectivity index (χ0n) is 9.17. The van der Waals surface area contributed by atoms with E-state index in [9.17, 15) is 0 Å². The van der Waals surface area contributed by atoms with Crippen LogP contribution in [0.4, 0.5) is 0 Å². The van der Waals surface area contributed by atoms with Gasteiger partial charge in [0.25, 0.3) is 0 Å². The van der Waals surface area contributed by atoms with Gasteiger partial charge in [0, 0.05) is 13.1 Å². The van der Waals surface area contributed by atoms with E-state index in [-0.39, 0.29) is 6.04 Å². The fourth-order valence-electron chi connectivity index (χ4n) is 1.34. The van der Waals surface area contributed by atoms with E-state index in [1.807, 2.05) is 7.05 Å². The Morgan fingerprint density at radius 2 is 2.08 bits per heavy atom. The third-order valence-corrected chi connectivity index (χ3v) is 1.98. The first-order valence-corrected chi connectivity index (χ1v) is 4.85. The van der Waals surface area contributed by atoms with Crippen molar-refractivity contribution in [1.29, 1.82) is 5.26 Å². The molecule has 1 unspecified atom stereocenters. The van der Waals surface area contributed by atoms with Crippen LogP contribution in [0, 0.1) is 17.2 Å². The first-order valence-electron chi connectivity index (χ1n) is 4.85. The zero-order valence-corrected chi connectivity index (χ0v) is 9.17. The van der Waals surface area contributed by atoms with Crippen molar-refractivity contribution in [2.75, 3.05) is 27.2 Å². The molecule has 0 radical (unpaired) electrons. The number of rotatable bonds is 6. The van der Waals surface area contributed by atoms with Crippen LogP contribution < -0.4 is 5.32 Å². The van der Waals surface area contributed by atoms with Crippen LogP contribution in [0.25, 0.3) is 0 Å². The topological polar surface area (TPSA) is 39.1 Å². The predicted octanol–water partition coefficient (Wildman–Crippen LogP) is 1.08. The zero-order chi connectivity index (χ0) is 10.3. The average molecular weight is 183 g/mol. The lowest BCUT2D eigenvalue weighted by Gasteiger charge is -2.19. The summed E-state index contributed by atoms with van der Waals surface area (Å²) in [6.07, 6.45) is 0.899. The van der Waals surface area contributed by atoms with E-state index in [1.165, 1.54) is 0 Å². The average Bonchev–Trinajstić information content (AvgIpc) is 2.05. The number of nitrogens with one attached hydrogen (secondary N) is 1. The highest BCUT2D eigenvalue weighted by Crippen LogP contribution is 1.98. The third kappa shape index (κ3) is 6.56. The van der Waals surface area contributed by atoms with Crippen LogP contribution in [0.5, 0.6) is 0 Å². The van der Waals surface area contributed by atoms with Crippen LogP contribution in [-0.2, 0) is 0 Å². The van der Waals surface area contributed by atoms with E-state index in [0.29, 0.717) is 5.92 Å². The summed E-state index contributed by atoms with van der Waals surface area (Å²) in [5.41, 5.74) is 0. The molecule has 0 aromatic rings. The third-order valence-electron chi connectivity index (χ3n) is 1.98. The minimum atomic E-state index is -0.00499. The lowest BCUT2D eigenvalue weighted by molar-refractivity contribution is 0.285. The summed E-state index contributed by atoms with van der Waals surface area (Å²) >= 11 is 0. The van der Waals surface area contributed by atoms with Gasteiger partial charge in [-0.15, -0.1) is 0 Å². The molecule has 0 saturated heterocycles. The number of hydrogen-bond acceptors (Lipinski definition) is 3. The van der Waals surface area contributed by atoms with E-state index in [0.717, 1.165) is 19.5 Å². The van der Waals surface area contributed by atoms with Crippen molar-refractivity contribution >= 4 is 0 Å². The fraction of sp³-hybridized carbons (Fsp3) is 0.900. The number of nitriles is 1. The molecule has 0 fully saturated rings. The van der Waals surface area contributed by atoms with Crippen LogP contribution in [0.3, 0.4) is 0 Å². The van der Waals surface area contributed by atoms with Gasteiger partial charge in [0.05, 0.1) is 12.1 Å². The Kier molecular flexibility index (Phi) is 6.56. The largest absolute Gasteiger partial charge is 0.306 e. The normalized spacial score (nSPS) is 13.3. The molecule has 1 N–H and O–H groups in total. The molecule has 13 heavy (non-hydrogen) atoms. The van der Waals surface area contributed by atoms with Crippen molar-refractivity contribution < 1.29 is 0 Å². The first-order chi connectivity index (χ1) is 6.10. The Labute approximate surface area is 81.7 Å². The summed E-state index contributed by atoms with van der Waals surface area (Å²) < 4.78 is 0. The van der Waals surface area contributed by atoms with E-state index in [4.69, 9.17) is 5.26 Å². The van der Waals surface area contributed by atoms with Gasteiger partial charge in [0.1, 0.15) is 0 Å². The summed E-state index contributed by atoms with van der Waals surface area (Å²) in [6.45, 7) is 6.49. The standard InChI is InChI=1S/C10H21N3/c1-9(2)8-13(4)6-5-10(7-11)12-3/h9-10,12H,5-6,8H2,1-4H3. The molecule has 0 aliphatic heterocycles. The molecule has 0 aliphatic rings. The second-order valence-corrected chi connectivity index (χ2v) is 3.92. The molecule has 76 valence electrons. The Morgan fingerprint density at radius 1 is 1.46 bits per heavy atom. The maximum absolute atomic E-state index is 8.69. The van der Waals surface area contributed by atoms with Gasteiger partial charge in [-0.05, 0) is 26.4 Å². The molecule has 0 spiro atoms. The fourth-order valence-corrected chi connectivity index (χ4v) is 1.34. The van der Waals surface area contributed by atoms with Crippen molar-refractivity contribution in [3.63, 3.8) is 0 Å². The summed E-state index contributed by atoms with van der Waals surface area (Å²) in [5.74, 6) is 0.695. The van der Waals surface area contributed by atoms with Crippen LogP contribution in [0.1, 0.15) is 20.3 Å². The highest BCUT2D eigenvalue weighted by molar-refractivity contribution is 4.88. The van der Waals surface area contributed by atoms with Crippen LogP contribution >= 0.6 is 0 Å². The lowest BCUT2D eigenvalue weighted by Crippen LogP contribution is -2.31. The van der Waals surface area contributed by atoms with Crippen molar-refractivity contribution in [2.24, 2.45) is 5.92 Å². The van der Waals surface area contributed by atoms with Crippen molar-refractivity contribution in [3.8, 4) is 6.07 Å². The van der Waals surface area contributed by atoms with Crippen molar-refractivity contribution in [3.05, 3.63) is 0 Å². The van der Waals surface area contributed by atoms with Crippen molar-refractivity contribution in [1.82, 2.24) is 10.2 Å². The highest BCUT2D eigenvalue weighted by Gasteiger charge is 2.06. The molecule has 1 atom stereocenters. The number of nitrogens with zero attached hydrogens (tertiary/aromatic N) is 2. The second-order valence-electron chi connectivity index (χ2n) is 3.92. The molecule has 3 nitrogen and oxygen atoms in total. The first kappa shape index (κ1) is 12.4. The van der Waals surface area contributed by atoms with Gasteiger partial charge in [0.15, 0.2) is 0 Å². The Balaban J connectivity index is 3.57. The molecule has 0 aromatic carbocycles. The SMILES string of the molecule is CNC(C#N)CCN(C)CC(C)C. The monoisotopic (exact) mass is 183 g/mol. The summed E-state index contributed by atoms with van der Waals surface area (Å²) in [4.78, 5) is 2.27. The van der Waals surface area contributed by atoms with E-state index >= 15 is 0 Å². The van der Waals surface area contributed by atoms with Gasteiger partial charge >= 0.3 is 0 Å². The molecule has 0 saturated carbocycles. The molecule has 0 aromatic heterocycles. The maximum atomic E-state index is 8.69. The molecule has 3 heteroatoms. The molecule has 0 amide bonds. The van der Waals surface area contributed by atoms with Gasteiger partial charge in [0.2, 0.25) is 0 Å². The van der Waals surface area contributed by atoms with Gasteiger partial charge in [-0.2, -0.15) is 5.26 Å². The van der Waals surface area contributed by atoms with Crippen molar-refractivity contribution in [2.45, 2.75) is 26.3 Å². The second kappa shape index (κ2) is 6.88. The number of hydrogen-bond donors (Lipinski definition) is 1. The Bertz CT molecular complexity index is 160. The lowest BCUT2D eigenvalue weighted by atomic mass is 10.2. The van der Waals surface area contributed by atoms with Crippen LogP contribution in [0.15, 0.2) is 0 Å². The summed E-state index contributed by atoms with van der Waals surface area (Å²) in [7, 11) is 3.93. The van der Waals surface area contributed by atoms with E-state index in [1.54, 1.807) is 0 Å².